The quantitative estimate of drug-likeness (QED) is 0.876. The van der Waals surface area contributed by atoms with Crippen LogP contribution in [0.15, 0.2) is 36.4 Å². The summed E-state index contributed by atoms with van der Waals surface area (Å²) >= 11 is 0. The van der Waals surface area contributed by atoms with E-state index in [1.807, 2.05) is 12.1 Å². The van der Waals surface area contributed by atoms with Crippen molar-refractivity contribution in [2.24, 2.45) is 0 Å². The number of phenols is 1. The van der Waals surface area contributed by atoms with Crippen LogP contribution < -0.4 is 10.1 Å². The van der Waals surface area contributed by atoms with Gasteiger partial charge in [-0.1, -0.05) is 35.9 Å². The Morgan fingerprint density at radius 3 is 2.62 bits per heavy atom. The lowest BCUT2D eigenvalue weighted by Crippen LogP contribution is -2.19. The molecule has 0 radical (unpaired) electrons. The number of hydrogen-bond acceptors (Lipinski definition) is 3. The average Bonchev–Trinajstić information content (AvgIpc) is 2.46. The van der Waals surface area contributed by atoms with Gasteiger partial charge in [-0.2, -0.15) is 0 Å². The summed E-state index contributed by atoms with van der Waals surface area (Å²) in [5.41, 5.74) is 4.67. The van der Waals surface area contributed by atoms with Gasteiger partial charge in [-0.3, -0.25) is 0 Å². The molecule has 0 amide bonds. The molecule has 0 saturated heterocycles. The Morgan fingerprint density at radius 2 is 1.95 bits per heavy atom. The van der Waals surface area contributed by atoms with Crippen molar-refractivity contribution >= 4 is 0 Å². The van der Waals surface area contributed by atoms with E-state index in [9.17, 15) is 5.11 Å². The first kappa shape index (κ1) is 15.4. The second kappa shape index (κ2) is 6.64. The predicted octanol–water partition coefficient (Wildman–Crippen LogP) is 3.87. The molecule has 0 heterocycles. The van der Waals surface area contributed by atoms with Crippen LogP contribution in [0.5, 0.6) is 11.5 Å². The number of aryl methyl sites for hydroxylation is 2. The maximum Gasteiger partial charge on any atom is 0.162 e. The summed E-state index contributed by atoms with van der Waals surface area (Å²) in [6.45, 7) is 6.96. The lowest BCUT2D eigenvalue weighted by molar-refractivity contribution is 0.369. The van der Waals surface area contributed by atoms with E-state index < -0.39 is 0 Å². The van der Waals surface area contributed by atoms with E-state index in [0.717, 1.165) is 5.56 Å². The van der Waals surface area contributed by atoms with Gasteiger partial charge in [-0.25, -0.2) is 0 Å². The van der Waals surface area contributed by atoms with Crippen LogP contribution in [0.3, 0.4) is 0 Å². The molecule has 0 fully saturated rings. The van der Waals surface area contributed by atoms with Crippen LogP contribution in [0.2, 0.25) is 0 Å². The number of methoxy groups -OCH3 is 1. The molecule has 0 spiro atoms. The molecule has 3 heteroatoms. The first-order valence-electron chi connectivity index (χ1n) is 7.18. The Morgan fingerprint density at radius 1 is 1.19 bits per heavy atom. The minimum absolute atomic E-state index is 0.209. The Hall–Kier alpha value is -2.00. The van der Waals surface area contributed by atoms with Gasteiger partial charge in [0.25, 0.3) is 0 Å². The van der Waals surface area contributed by atoms with Crippen molar-refractivity contribution in [1.82, 2.24) is 5.32 Å². The third-order valence-electron chi connectivity index (χ3n) is 3.79. The van der Waals surface area contributed by atoms with Crippen molar-refractivity contribution in [1.29, 1.82) is 0 Å². The van der Waals surface area contributed by atoms with Gasteiger partial charge in [0.05, 0.1) is 7.11 Å². The molecule has 2 aromatic carbocycles. The second-order valence-electron chi connectivity index (χ2n) is 5.43. The summed E-state index contributed by atoms with van der Waals surface area (Å²) in [7, 11) is 1.56. The van der Waals surface area contributed by atoms with E-state index in [1.54, 1.807) is 13.2 Å². The van der Waals surface area contributed by atoms with Gasteiger partial charge in [-0.15, -0.1) is 0 Å². The van der Waals surface area contributed by atoms with Crippen molar-refractivity contribution in [3.8, 4) is 11.5 Å². The molecule has 2 N–H and O–H groups in total. The van der Waals surface area contributed by atoms with Crippen LogP contribution in [0.25, 0.3) is 0 Å². The third-order valence-corrected chi connectivity index (χ3v) is 3.79. The standard InChI is InChI=1S/C18H23NO2/c1-12-8-9-16(13(2)10-12)14(3)19-11-15-6-5-7-17(21-4)18(15)20/h5-10,14,19-20H,11H2,1-4H3. The van der Waals surface area contributed by atoms with Crippen molar-refractivity contribution in [2.75, 3.05) is 7.11 Å². The minimum atomic E-state index is 0.209. The first-order chi connectivity index (χ1) is 10.0. The normalized spacial score (nSPS) is 12.2. The SMILES string of the molecule is COc1cccc(CNC(C)c2ccc(C)cc2C)c1O. The van der Waals surface area contributed by atoms with Crippen molar-refractivity contribution in [2.45, 2.75) is 33.4 Å². The highest BCUT2D eigenvalue weighted by atomic mass is 16.5. The van der Waals surface area contributed by atoms with Crippen molar-refractivity contribution in [3.05, 3.63) is 58.7 Å². The molecule has 0 aliphatic heterocycles. The Labute approximate surface area is 126 Å². The summed E-state index contributed by atoms with van der Waals surface area (Å²) in [5.74, 6) is 0.716. The fraction of sp³-hybridized carbons (Fsp3) is 0.333. The van der Waals surface area contributed by atoms with Gasteiger partial charge in [0.2, 0.25) is 0 Å². The molecule has 0 saturated carbocycles. The fourth-order valence-electron chi connectivity index (χ4n) is 2.56. The molecule has 0 aliphatic carbocycles. The number of hydrogen-bond donors (Lipinski definition) is 2. The predicted molar refractivity (Wildman–Crippen MR) is 85.8 cm³/mol. The molecule has 0 aliphatic rings. The van der Waals surface area contributed by atoms with E-state index >= 15 is 0 Å². The number of rotatable bonds is 5. The number of phenolic OH excluding ortho intramolecular Hbond substituents is 1. The van der Waals surface area contributed by atoms with Crippen LogP contribution in [0.4, 0.5) is 0 Å². The van der Waals surface area contributed by atoms with Crippen LogP contribution >= 0.6 is 0 Å². The summed E-state index contributed by atoms with van der Waals surface area (Å²) in [4.78, 5) is 0. The first-order valence-corrected chi connectivity index (χ1v) is 7.18. The zero-order valence-corrected chi connectivity index (χ0v) is 13.1. The highest BCUT2D eigenvalue weighted by Gasteiger charge is 2.11. The molecule has 0 bridgehead atoms. The third kappa shape index (κ3) is 3.56. The van der Waals surface area contributed by atoms with E-state index in [1.165, 1.54) is 16.7 Å². The molecule has 0 aromatic heterocycles. The number of para-hydroxylation sites is 1. The number of benzene rings is 2. The fourth-order valence-corrected chi connectivity index (χ4v) is 2.56. The van der Waals surface area contributed by atoms with Gasteiger partial charge >= 0.3 is 0 Å². The van der Waals surface area contributed by atoms with Gasteiger partial charge in [-0.05, 0) is 38.0 Å². The topological polar surface area (TPSA) is 41.5 Å². The van der Waals surface area contributed by atoms with Crippen molar-refractivity contribution < 1.29 is 9.84 Å². The summed E-state index contributed by atoms with van der Waals surface area (Å²) in [6, 6.07) is 12.2. The average molecular weight is 285 g/mol. The Kier molecular flexibility index (Phi) is 4.86. The van der Waals surface area contributed by atoms with Gasteiger partial charge in [0.1, 0.15) is 0 Å². The zero-order valence-electron chi connectivity index (χ0n) is 13.1. The summed E-state index contributed by atoms with van der Waals surface area (Å²) in [6.07, 6.45) is 0. The Balaban J connectivity index is 2.09. The van der Waals surface area contributed by atoms with E-state index in [2.05, 4.69) is 44.3 Å². The van der Waals surface area contributed by atoms with E-state index in [-0.39, 0.29) is 11.8 Å². The molecule has 112 valence electrons. The van der Waals surface area contributed by atoms with Gasteiger partial charge < -0.3 is 15.2 Å². The molecule has 2 rings (SSSR count). The molecule has 3 nitrogen and oxygen atoms in total. The maximum atomic E-state index is 10.1. The highest BCUT2D eigenvalue weighted by molar-refractivity contribution is 5.45. The highest BCUT2D eigenvalue weighted by Crippen LogP contribution is 2.29. The lowest BCUT2D eigenvalue weighted by atomic mass is 10.00. The van der Waals surface area contributed by atoms with Crippen LogP contribution in [-0.4, -0.2) is 12.2 Å². The van der Waals surface area contributed by atoms with Crippen molar-refractivity contribution in [3.63, 3.8) is 0 Å². The maximum absolute atomic E-state index is 10.1. The molecule has 1 unspecified atom stereocenters. The molecule has 21 heavy (non-hydrogen) atoms. The van der Waals surface area contributed by atoms with Crippen LogP contribution in [0.1, 0.15) is 35.2 Å². The molecule has 1 atom stereocenters. The number of ether oxygens (including phenoxy) is 1. The second-order valence-corrected chi connectivity index (χ2v) is 5.43. The van der Waals surface area contributed by atoms with Crippen LogP contribution in [-0.2, 0) is 6.54 Å². The Bertz CT molecular complexity index is 623. The molecule has 2 aromatic rings. The van der Waals surface area contributed by atoms with Crippen LogP contribution in [0, 0.1) is 13.8 Å². The van der Waals surface area contributed by atoms with Gasteiger partial charge in [0, 0.05) is 18.2 Å². The molecular formula is C18H23NO2. The smallest absolute Gasteiger partial charge is 0.162 e. The number of aromatic hydroxyl groups is 1. The zero-order chi connectivity index (χ0) is 15.4. The minimum Gasteiger partial charge on any atom is -0.504 e. The van der Waals surface area contributed by atoms with E-state index in [0.29, 0.717) is 12.3 Å². The van der Waals surface area contributed by atoms with Gasteiger partial charge in [0.15, 0.2) is 11.5 Å². The summed E-state index contributed by atoms with van der Waals surface area (Å²) in [5, 5.41) is 13.6. The number of nitrogens with one attached hydrogen (secondary N) is 1. The molecular weight excluding hydrogens is 262 g/mol. The summed E-state index contributed by atoms with van der Waals surface area (Å²) < 4.78 is 5.13. The largest absolute Gasteiger partial charge is 0.504 e. The van der Waals surface area contributed by atoms with E-state index in [4.69, 9.17) is 4.74 Å². The monoisotopic (exact) mass is 285 g/mol. The lowest BCUT2D eigenvalue weighted by Gasteiger charge is -2.18.